The molecule has 8 nitrogen and oxygen atoms in total. The monoisotopic (exact) mass is 257 g/mol. The van der Waals surface area contributed by atoms with E-state index in [1.807, 2.05) is 0 Å². The summed E-state index contributed by atoms with van der Waals surface area (Å²) < 4.78 is 3.39. The number of nitrogens with zero attached hydrogens (tertiary/aromatic N) is 3. The summed E-state index contributed by atoms with van der Waals surface area (Å²) >= 11 is 0. The van der Waals surface area contributed by atoms with Crippen molar-refractivity contribution in [2.75, 3.05) is 6.61 Å². The van der Waals surface area contributed by atoms with E-state index in [0.717, 1.165) is 4.57 Å². The summed E-state index contributed by atoms with van der Waals surface area (Å²) in [4.78, 5) is 23.8. The summed E-state index contributed by atoms with van der Waals surface area (Å²) in [7, 11) is 0. The van der Waals surface area contributed by atoms with E-state index in [1.54, 1.807) is 12.2 Å². The van der Waals surface area contributed by atoms with Crippen molar-refractivity contribution in [3.05, 3.63) is 33.1 Å². The van der Waals surface area contributed by atoms with Crippen LogP contribution in [0.3, 0.4) is 0 Å². The van der Waals surface area contributed by atoms with Gasteiger partial charge in [-0.2, -0.15) is 0 Å². The van der Waals surface area contributed by atoms with Crippen molar-refractivity contribution in [2.24, 2.45) is 0 Å². The van der Waals surface area contributed by atoms with Crippen LogP contribution in [0.25, 0.3) is 0 Å². The normalized spacial score (nSPS) is 17.5. The molecule has 8 heteroatoms. The van der Waals surface area contributed by atoms with Gasteiger partial charge in [-0.3, -0.25) is 0 Å². The lowest BCUT2D eigenvalue weighted by atomic mass is 10.2. The average Bonchev–Trinajstić information content (AvgIpc) is 2.63. The van der Waals surface area contributed by atoms with Crippen molar-refractivity contribution >= 4 is 0 Å². The number of aliphatic hydroxyl groups excluding tert-OH is 3. The van der Waals surface area contributed by atoms with E-state index in [1.165, 1.54) is 9.36 Å². The molecular weight excluding hydrogens is 242 g/mol. The van der Waals surface area contributed by atoms with Crippen molar-refractivity contribution < 1.29 is 15.3 Å². The molecule has 1 aromatic heterocycles. The van der Waals surface area contributed by atoms with Crippen LogP contribution in [0.4, 0.5) is 0 Å². The standard InChI is InChI=1S/C10H15N3O5/c14-6-8(16)7(15)5-11-9(17)12-3-1-2-4-13(12)10(11)18/h1-2,7-8,14-16H,3-6H2. The Labute approximate surface area is 102 Å². The number of aliphatic hydroxyl groups is 3. The average molecular weight is 257 g/mol. The zero-order valence-corrected chi connectivity index (χ0v) is 9.64. The molecule has 0 spiro atoms. The number of hydrogen-bond acceptors (Lipinski definition) is 5. The lowest BCUT2D eigenvalue weighted by Gasteiger charge is -2.14. The molecule has 2 heterocycles. The van der Waals surface area contributed by atoms with Gasteiger partial charge in [0.25, 0.3) is 0 Å². The second-order valence-corrected chi connectivity index (χ2v) is 4.13. The zero-order valence-electron chi connectivity index (χ0n) is 9.64. The predicted molar refractivity (Wildman–Crippen MR) is 61.2 cm³/mol. The maximum atomic E-state index is 11.9. The fourth-order valence-corrected chi connectivity index (χ4v) is 1.86. The highest BCUT2D eigenvalue weighted by Gasteiger charge is 2.22. The van der Waals surface area contributed by atoms with Gasteiger partial charge in [0.1, 0.15) is 12.2 Å². The highest BCUT2D eigenvalue weighted by atomic mass is 16.4. The van der Waals surface area contributed by atoms with Crippen LogP contribution < -0.4 is 11.4 Å². The summed E-state index contributed by atoms with van der Waals surface area (Å²) in [6, 6.07) is 0. The van der Waals surface area contributed by atoms with Gasteiger partial charge < -0.3 is 15.3 Å². The molecule has 2 atom stereocenters. The molecule has 1 aliphatic rings. The topological polar surface area (TPSA) is 110 Å². The van der Waals surface area contributed by atoms with Crippen LogP contribution in [0.15, 0.2) is 21.7 Å². The Hall–Kier alpha value is -1.64. The van der Waals surface area contributed by atoms with Crippen molar-refractivity contribution in [1.29, 1.82) is 0 Å². The highest BCUT2D eigenvalue weighted by molar-refractivity contribution is 4.91. The maximum absolute atomic E-state index is 11.9. The van der Waals surface area contributed by atoms with Gasteiger partial charge in [-0.25, -0.2) is 23.5 Å². The van der Waals surface area contributed by atoms with Gasteiger partial charge in [0.05, 0.1) is 26.2 Å². The van der Waals surface area contributed by atoms with Gasteiger partial charge in [0, 0.05) is 0 Å². The quantitative estimate of drug-likeness (QED) is 0.501. The SMILES string of the molecule is O=c1n(CC(O)C(O)CO)c(=O)n2n1CC=CC2. The number of hydrogen-bond donors (Lipinski definition) is 3. The molecule has 2 rings (SSSR count). The smallest absolute Gasteiger partial charge is 0.347 e. The Morgan fingerprint density at radius 2 is 1.56 bits per heavy atom. The molecule has 3 N–H and O–H groups in total. The first-order valence-electron chi connectivity index (χ1n) is 5.58. The van der Waals surface area contributed by atoms with Gasteiger partial charge >= 0.3 is 11.4 Å². The van der Waals surface area contributed by atoms with Gasteiger partial charge in [-0.15, -0.1) is 0 Å². The van der Waals surface area contributed by atoms with E-state index in [2.05, 4.69) is 0 Å². The fraction of sp³-hybridized carbons (Fsp3) is 0.600. The van der Waals surface area contributed by atoms with E-state index < -0.39 is 30.2 Å². The van der Waals surface area contributed by atoms with Gasteiger partial charge in [-0.05, 0) is 0 Å². The number of aromatic nitrogens is 3. The first kappa shape index (κ1) is 12.8. The number of allylic oxidation sites excluding steroid dienone is 2. The van der Waals surface area contributed by atoms with Crippen molar-refractivity contribution in [2.45, 2.75) is 31.8 Å². The number of fused-ring (bicyclic) bond motifs is 1. The molecule has 0 amide bonds. The summed E-state index contributed by atoms with van der Waals surface area (Å²) in [6.45, 7) is -0.363. The van der Waals surface area contributed by atoms with Crippen LogP contribution in [-0.2, 0) is 19.6 Å². The van der Waals surface area contributed by atoms with Crippen LogP contribution in [0, 0.1) is 0 Å². The first-order valence-corrected chi connectivity index (χ1v) is 5.58. The Morgan fingerprint density at radius 1 is 1.06 bits per heavy atom. The third kappa shape index (κ3) is 2.05. The van der Waals surface area contributed by atoms with Crippen molar-refractivity contribution in [1.82, 2.24) is 13.9 Å². The molecule has 100 valence electrons. The molecule has 0 radical (unpaired) electrons. The third-order valence-corrected chi connectivity index (χ3v) is 2.92. The Morgan fingerprint density at radius 3 is 2.00 bits per heavy atom. The molecule has 0 aromatic carbocycles. The predicted octanol–water partition coefficient (Wildman–Crippen LogP) is -2.90. The largest absolute Gasteiger partial charge is 0.394 e. The van der Waals surface area contributed by atoms with E-state index >= 15 is 0 Å². The van der Waals surface area contributed by atoms with E-state index in [0.29, 0.717) is 13.1 Å². The molecule has 1 aliphatic heterocycles. The summed E-state index contributed by atoms with van der Waals surface area (Å²) in [5.74, 6) is 0. The molecule has 0 bridgehead atoms. The molecular formula is C10H15N3O5. The number of rotatable bonds is 4. The van der Waals surface area contributed by atoms with Crippen LogP contribution in [0.2, 0.25) is 0 Å². The van der Waals surface area contributed by atoms with Crippen LogP contribution in [0.5, 0.6) is 0 Å². The van der Waals surface area contributed by atoms with E-state index in [4.69, 9.17) is 5.11 Å². The summed E-state index contributed by atoms with van der Waals surface area (Å²) in [6.07, 6.45) is 0.795. The molecule has 0 fully saturated rings. The zero-order chi connectivity index (χ0) is 13.3. The molecule has 0 saturated carbocycles. The van der Waals surface area contributed by atoms with Crippen LogP contribution in [-0.4, -0.2) is 48.1 Å². The lowest BCUT2D eigenvalue weighted by Crippen LogP contribution is -2.40. The third-order valence-electron chi connectivity index (χ3n) is 2.92. The van der Waals surface area contributed by atoms with Crippen LogP contribution in [0.1, 0.15) is 0 Å². The molecule has 18 heavy (non-hydrogen) atoms. The molecule has 2 unspecified atom stereocenters. The Bertz CT molecular complexity index is 528. The lowest BCUT2D eigenvalue weighted by molar-refractivity contribution is -0.0223. The first-order chi connectivity index (χ1) is 8.56. The Balaban J connectivity index is 2.33. The van der Waals surface area contributed by atoms with Gasteiger partial charge in [0.15, 0.2) is 0 Å². The van der Waals surface area contributed by atoms with Gasteiger partial charge in [-0.1, -0.05) is 12.2 Å². The minimum atomic E-state index is -1.38. The molecule has 1 aromatic rings. The Kier molecular flexibility index (Phi) is 3.50. The second kappa shape index (κ2) is 4.92. The van der Waals surface area contributed by atoms with Crippen molar-refractivity contribution in [3.8, 4) is 0 Å². The summed E-state index contributed by atoms with van der Waals surface area (Å²) in [5, 5.41) is 27.5. The van der Waals surface area contributed by atoms with Gasteiger partial charge in [0.2, 0.25) is 0 Å². The van der Waals surface area contributed by atoms with Crippen LogP contribution >= 0.6 is 0 Å². The van der Waals surface area contributed by atoms with Crippen molar-refractivity contribution in [3.63, 3.8) is 0 Å². The maximum Gasteiger partial charge on any atom is 0.347 e. The molecule has 0 saturated heterocycles. The minimum Gasteiger partial charge on any atom is -0.394 e. The van der Waals surface area contributed by atoms with E-state index in [-0.39, 0.29) is 6.54 Å². The van der Waals surface area contributed by atoms with E-state index in [9.17, 15) is 19.8 Å². The second-order valence-electron chi connectivity index (χ2n) is 4.13. The minimum absolute atomic E-state index is 0.305. The molecule has 0 aliphatic carbocycles. The highest BCUT2D eigenvalue weighted by Crippen LogP contribution is 1.97. The fourth-order valence-electron chi connectivity index (χ4n) is 1.86. The summed E-state index contributed by atoms with van der Waals surface area (Å²) in [5.41, 5.74) is -1.07.